The minimum Gasteiger partial charge on any atom is -0.497 e. The third-order valence-corrected chi connectivity index (χ3v) is 4.59. The summed E-state index contributed by atoms with van der Waals surface area (Å²) in [6.45, 7) is 0. The monoisotopic (exact) mass is 358 g/mol. The second-order valence-electron chi connectivity index (χ2n) is 5.08. The van der Waals surface area contributed by atoms with Gasteiger partial charge in [-0.2, -0.15) is 0 Å². The first kappa shape index (κ1) is 16.6. The van der Waals surface area contributed by atoms with Crippen LogP contribution in [0.4, 0.5) is 0 Å². The predicted octanol–water partition coefficient (Wildman–Crippen LogP) is 4.39. The fourth-order valence-corrected chi connectivity index (χ4v) is 3.10. The van der Waals surface area contributed by atoms with Crippen molar-refractivity contribution in [2.45, 2.75) is 10.9 Å². The van der Waals surface area contributed by atoms with Crippen molar-refractivity contribution in [2.24, 2.45) is 0 Å². The summed E-state index contributed by atoms with van der Waals surface area (Å²) < 4.78 is 5.15. The molecular weight excluding hydrogens is 344 g/mol. The number of aromatic amines is 1. The molecule has 0 unspecified atom stereocenters. The lowest BCUT2D eigenvalue weighted by molar-refractivity contribution is 0.415. The summed E-state index contributed by atoms with van der Waals surface area (Å²) >= 11 is 7.36. The van der Waals surface area contributed by atoms with Gasteiger partial charge in [0.25, 0.3) is 5.56 Å². The van der Waals surface area contributed by atoms with E-state index in [4.69, 9.17) is 16.3 Å². The number of hydrogen-bond donors (Lipinski definition) is 1. The van der Waals surface area contributed by atoms with E-state index in [2.05, 4.69) is 9.97 Å². The van der Waals surface area contributed by atoms with Crippen molar-refractivity contribution in [3.63, 3.8) is 0 Å². The van der Waals surface area contributed by atoms with Gasteiger partial charge in [0.2, 0.25) is 0 Å². The summed E-state index contributed by atoms with van der Waals surface area (Å²) in [5.74, 6) is 1.47. The molecule has 3 rings (SSSR count). The maximum Gasteiger partial charge on any atom is 0.252 e. The number of nitrogens with zero attached hydrogens (tertiary/aromatic N) is 1. The van der Waals surface area contributed by atoms with Gasteiger partial charge in [0.05, 0.1) is 12.8 Å². The molecule has 0 bridgehead atoms. The Morgan fingerprint density at radius 2 is 1.83 bits per heavy atom. The fraction of sp³-hybridized carbons (Fsp3) is 0.111. The van der Waals surface area contributed by atoms with Gasteiger partial charge in [-0.05, 0) is 42.0 Å². The van der Waals surface area contributed by atoms with E-state index in [1.807, 2.05) is 48.5 Å². The van der Waals surface area contributed by atoms with E-state index in [9.17, 15) is 4.79 Å². The molecule has 1 N–H and O–H groups in total. The van der Waals surface area contributed by atoms with Crippen LogP contribution >= 0.6 is 23.4 Å². The van der Waals surface area contributed by atoms with Crippen LogP contribution in [0.2, 0.25) is 5.02 Å². The lowest BCUT2D eigenvalue weighted by Gasteiger charge is -2.06. The summed E-state index contributed by atoms with van der Waals surface area (Å²) in [4.78, 5) is 19.2. The molecule has 0 atom stereocenters. The Morgan fingerprint density at radius 1 is 1.12 bits per heavy atom. The highest BCUT2D eigenvalue weighted by molar-refractivity contribution is 7.98. The van der Waals surface area contributed by atoms with Crippen molar-refractivity contribution in [3.05, 3.63) is 75.5 Å². The van der Waals surface area contributed by atoms with Crippen LogP contribution < -0.4 is 10.3 Å². The van der Waals surface area contributed by atoms with Crippen molar-refractivity contribution in [2.75, 3.05) is 7.11 Å². The van der Waals surface area contributed by atoms with Gasteiger partial charge in [-0.3, -0.25) is 4.79 Å². The standard InChI is InChI=1S/C18H15ClN2O2S/c1-23-15-8-4-13(5-9-15)16-10-17(22)21-18(20-16)24-11-12-2-6-14(19)7-3-12/h2-10H,11H2,1H3,(H,20,21,22). The average Bonchev–Trinajstić information content (AvgIpc) is 2.61. The predicted molar refractivity (Wildman–Crippen MR) is 97.9 cm³/mol. The van der Waals surface area contributed by atoms with Gasteiger partial charge in [-0.1, -0.05) is 35.5 Å². The number of aromatic nitrogens is 2. The number of methoxy groups -OCH3 is 1. The zero-order chi connectivity index (χ0) is 16.9. The Kier molecular flexibility index (Phi) is 5.23. The quantitative estimate of drug-likeness (QED) is 0.543. The van der Waals surface area contributed by atoms with E-state index >= 15 is 0 Å². The van der Waals surface area contributed by atoms with Crippen molar-refractivity contribution >= 4 is 23.4 Å². The zero-order valence-electron chi connectivity index (χ0n) is 13.0. The number of thioether (sulfide) groups is 1. The normalized spacial score (nSPS) is 10.6. The number of ether oxygens (including phenoxy) is 1. The molecule has 2 aromatic carbocycles. The Bertz CT molecular complexity index is 877. The molecule has 3 aromatic rings. The van der Waals surface area contributed by atoms with E-state index in [0.717, 1.165) is 16.9 Å². The van der Waals surface area contributed by atoms with Gasteiger partial charge in [-0.15, -0.1) is 0 Å². The highest BCUT2D eigenvalue weighted by Gasteiger charge is 2.06. The van der Waals surface area contributed by atoms with Gasteiger partial charge >= 0.3 is 0 Å². The Labute approximate surface area is 148 Å². The first-order valence-corrected chi connectivity index (χ1v) is 8.63. The van der Waals surface area contributed by atoms with Crippen LogP contribution in [-0.4, -0.2) is 17.1 Å². The van der Waals surface area contributed by atoms with Gasteiger partial charge in [0.15, 0.2) is 5.16 Å². The van der Waals surface area contributed by atoms with Gasteiger partial charge in [0.1, 0.15) is 5.75 Å². The Hall–Kier alpha value is -2.24. The van der Waals surface area contributed by atoms with Crippen LogP contribution in [0.5, 0.6) is 5.75 Å². The number of benzene rings is 2. The molecule has 1 heterocycles. The minimum absolute atomic E-state index is 0.172. The molecule has 0 saturated carbocycles. The van der Waals surface area contributed by atoms with Crippen molar-refractivity contribution in [1.29, 1.82) is 0 Å². The van der Waals surface area contributed by atoms with Gasteiger partial charge in [-0.25, -0.2) is 4.98 Å². The van der Waals surface area contributed by atoms with E-state index in [1.165, 1.54) is 17.8 Å². The third-order valence-electron chi connectivity index (χ3n) is 3.39. The van der Waals surface area contributed by atoms with Crippen LogP contribution in [0.25, 0.3) is 11.3 Å². The highest BCUT2D eigenvalue weighted by atomic mass is 35.5. The molecular formula is C18H15ClN2O2S. The molecule has 0 aliphatic carbocycles. The molecule has 0 aliphatic heterocycles. The molecule has 0 amide bonds. The molecule has 0 spiro atoms. The first-order valence-electron chi connectivity index (χ1n) is 7.27. The van der Waals surface area contributed by atoms with Crippen molar-refractivity contribution in [3.8, 4) is 17.0 Å². The summed E-state index contributed by atoms with van der Waals surface area (Å²) in [6.07, 6.45) is 0. The summed E-state index contributed by atoms with van der Waals surface area (Å²) in [5, 5.41) is 1.29. The van der Waals surface area contributed by atoms with E-state index in [1.54, 1.807) is 7.11 Å². The number of rotatable bonds is 5. The Balaban J connectivity index is 1.80. The summed E-state index contributed by atoms with van der Waals surface area (Å²) in [7, 11) is 1.62. The maximum atomic E-state index is 11.9. The SMILES string of the molecule is COc1ccc(-c2cc(=O)[nH]c(SCc3ccc(Cl)cc3)n2)cc1. The molecule has 0 saturated heterocycles. The third kappa shape index (κ3) is 4.19. The number of nitrogens with one attached hydrogen (secondary N) is 1. The summed E-state index contributed by atoms with van der Waals surface area (Å²) in [6, 6.07) is 16.6. The van der Waals surface area contributed by atoms with Crippen LogP contribution in [0.15, 0.2) is 64.5 Å². The minimum atomic E-state index is -0.172. The number of H-pyrrole nitrogens is 1. The number of halogens is 1. The fourth-order valence-electron chi connectivity index (χ4n) is 2.15. The highest BCUT2D eigenvalue weighted by Crippen LogP contribution is 2.24. The summed E-state index contributed by atoms with van der Waals surface area (Å²) in [5.41, 5.74) is 2.45. The molecule has 24 heavy (non-hydrogen) atoms. The van der Waals surface area contributed by atoms with E-state index in [0.29, 0.717) is 21.6 Å². The second kappa shape index (κ2) is 7.55. The van der Waals surface area contributed by atoms with Crippen LogP contribution in [0.3, 0.4) is 0 Å². The largest absolute Gasteiger partial charge is 0.497 e. The van der Waals surface area contributed by atoms with E-state index in [-0.39, 0.29) is 5.56 Å². The molecule has 6 heteroatoms. The lowest BCUT2D eigenvalue weighted by atomic mass is 10.1. The van der Waals surface area contributed by atoms with Crippen molar-refractivity contribution < 1.29 is 4.74 Å². The van der Waals surface area contributed by atoms with Crippen LogP contribution in [0.1, 0.15) is 5.56 Å². The van der Waals surface area contributed by atoms with Gasteiger partial charge in [0, 0.05) is 22.4 Å². The second-order valence-corrected chi connectivity index (χ2v) is 6.48. The van der Waals surface area contributed by atoms with Crippen LogP contribution in [-0.2, 0) is 5.75 Å². The zero-order valence-corrected chi connectivity index (χ0v) is 14.5. The molecule has 0 fully saturated rings. The maximum absolute atomic E-state index is 11.9. The molecule has 4 nitrogen and oxygen atoms in total. The first-order chi connectivity index (χ1) is 11.6. The molecule has 1 aromatic heterocycles. The molecule has 122 valence electrons. The molecule has 0 aliphatic rings. The lowest BCUT2D eigenvalue weighted by Crippen LogP contribution is -2.08. The van der Waals surface area contributed by atoms with Crippen LogP contribution in [0, 0.1) is 0 Å². The Morgan fingerprint density at radius 3 is 2.50 bits per heavy atom. The van der Waals surface area contributed by atoms with Gasteiger partial charge < -0.3 is 9.72 Å². The topological polar surface area (TPSA) is 55.0 Å². The smallest absolute Gasteiger partial charge is 0.252 e. The molecule has 0 radical (unpaired) electrons. The average molecular weight is 359 g/mol. The number of hydrogen-bond acceptors (Lipinski definition) is 4. The van der Waals surface area contributed by atoms with Crippen molar-refractivity contribution in [1.82, 2.24) is 9.97 Å². The van der Waals surface area contributed by atoms with E-state index < -0.39 is 0 Å².